The van der Waals surface area contributed by atoms with E-state index in [0.29, 0.717) is 18.3 Å². The number of benzene rings is 1. The van der Waals surface area contributed by atoms with Crippen molar-refractivity contribution >= 4 is 23.4 Å². The van der Waals surface area contributed by atoms with Crippen molar-refractivity contribution in [2.24, 2.45) is 0 Å². The van der Waals surface area contributed by atoms with Gasteiger partial charge >= 0.3 is 0 Å². The zero-order chi connectivity index (χ0) is 12.3. The van der Waals surface area contributed by atoms with Gasteiger partial charge in [-0.15, -0.1) is 0 Å². The summed E-state index contributed by atoms with van der Waals surface area (Å²) in [6, 6.07) is 9.36. The van der Waals surface area contributed by atoms with Crippen LogP contribution in [-0.2, 0) is 6.54 Å². The van der Waals surface area contributed by atoms with Gasteiger partial charge in [-0.05, 0) is 17.7 Å². The molecule has 0 atom stereocenters. The van der Waals surface area contributed by atoms with Gasteiger partial charge in [0.25, 0.3) is 0 Å². The SMILES string of the molecule is CN(Cc1ccccc1Cl)c1nccc(N)n1. The van der Waals surface area contributed by atoms with Crippen LogP contribution >= 0.6 is 11.6 Å². The molecule has 4 nitrogen and oxygen atoms in total. The molecule has 1 heterocycles. The Kier molecular flexibility index (Phi) is 3.44. The molecular weight excluding hydrogens is 236 g/mol. The molecule has 0 unspecified atom stereocenters. The van der Waals surface area contributed by atoms with Gasteiger partial charge in [-0.1, -0.05) is 29.8 Å². The standard InChI is InChI=1S/C12H13ClN4/c1-17(12-15-7-6-11(14)16-12)8-9-4-2-3-5-10(9)13/h2-7H,8H2,1H3,(H2,14,15,16). The first kappa shape index (κ1) is 11.7. The summed E-state index contributed by atoms with van der Waals surface area (Å²) in [4.78, 5) is 10.2. The lowest BCUT2D eigenvalue weighted by Crippen LogP contribution is -2.19. The summed E-state index contributed by atoms with van der Waals surface area (Å²) in [5.74, 6) is 1.05. The zero-order valence-corrected chi connectivity index (χ0v) is 10.2. The lowest BCUT2D eigenvalue weighted by Gasteiger charge is -2.17. The Morgan fingerprint density at radius 2 is 2.06 bits per heavy atom. The van der Waals surface area contributed by atoms with Gasteiger partial charge in [-0.25, -0.2) is 4.98 Å². The Bertz CT molecular complexity index is 515. The number of halogens is 1. The third-order valence-electron chi connectivity index (χ3n) is 2.37. The first-order valence-corrected chi connectivity index (χ1v) is 5.57. The second-order valence-electron chi connectivity index (χ2n) is 3.73. The second-order valence-corrected chi connectivity index (χ2v) is 4.14. The zero-order valence-electron chi connectivity index (χ0n) is 9.47. The van der Waals surface area contributed by atoms with E-state index in [1.54, 1.807) is 12.3 Å². The van der Waals surface area contributed by atoms with Crippen LogP contribution in [0.3, 0.4) is 0 Å². The van der Waals surface area contributed by atoms with Gasteiger partial charge in [-0.2, -0.15) is 4.98 Å². The molecule has 0 bridgehead atoms. The van der Waals surface area contributed by atoms with Gasteiger partial charge < -0.3 is 10.6 Å². The van der Waals surface area contributed by atoms with Gasteiger partial charge in [0, 0.05) is 24.8 Å². The van der Waals surface area contributed by atoms with Gasteiger partial charge in [-0.3, -0.25) is 0 Å². The van der Waals surface area contributed by atoms with Crippen LogP contribution in [0.4, 0.5) is 11.8 Å². The largest absolute Gasteiger partial charge is 0.384 e. The van der Waals surface area contributed by atoms with E-state index in [0.717, 1.165) is 10.6 Å². The number of rotatable bonds is 3. The molecule has 0 radical (unpaired) electrons. The molecule has 0 amide bonds. The monoisotopic (exact) mass is 248 g/mol. The smallest absolute Gasteiger partial charge is 0.227 e. The van der Waals surface area contributed by atoms with Crippen molar-refractivity contribution in [1.82, 2.24) is 9.97 Å². The predicted octanol–water partition coefficient (Wildman–Crippen LogP) is 2.35. The topological polar surface area (TPSA) is 55.0 Å². The van der Waals surface area contributed by atoms with Crippen LogP contribution < -0.4 is 10.6 Å². The fourth-order valence-corrected chi connectivity index (χ4v) is 1.69. The molecule has 0 aliphatic carbocycles. The van der Waals surface area contributed by atoms with Gasteiger partial charge in [0.1, 0.15) is 5.82 Å². The number of nitrogen functional groups attached to an aromatic ring is 1. The molecule has 1 aromatic carbocycles. The van der Waals surface area contributed by atoms with Gasteiger partial charge in [0.15, 0.2) is 0 Å². The average molecular weight is 249 g/mol. The molecule has 88 valence electrons. The van der Waals surface area contributed by atoms with Crippen molar-refractivity contribution in [2.75, 3.05) is 17.7 Å². The Labute approximate surface area is 105 Å². The van der Waals surface area contributed by atoms with E-state index < -0.39 is 0 Å². The highest BCUT2D eigenvalue weighted by molar-refractivity contribution is 6.31. The average Bonchev–Trinajstić information content (AvgIpc) is 2.32. The van der Waals surface area contributed by atoms with Crippen molar-refractivity contribution in [1.29, 1.82) is 0 Å². The Morgan fingerprint density at radius 1 is 1.29 bits per heavy atom. The summed E-state index contributed by atoms with van der Waals surface area (Å²) >= 11 is 6.09. The minimum absolute atomic E-state index is 0.459. The van der Waals surface area contributed by atoms with Crippen LogP contribution in [-0.4, -0.2) is 17.0 Å². The fraction of sp³-hybridized carbons (Fsp3) is 0.167. The van der Waals surface area contributed by atoms with Gasteiger partial charge in [0.05, 0.1) is 0 Å². The first-order valence-electron chi connectivity index (χ1n) is 5.20. The number of nitrogens with two attached hydrogens (primary N) is 1. The summed E-state index contributed by atoms with van der Waals surface area (Å²) in [6.07, 6.45) is 1.64. The van der Waals surface area contributed by atoms with E-state index in [2.05, 4.69) is 9.97 Å². The lowest BCUT2D eigenvalue weighted by molar-refractivity contribution is 0.869. The highest BCUT2D eigenvalue weighted by Crippen LogP contribution is 2.18. The summed E-state index contributed by atoms with van der Waals surface area (Å²) in [5, 5.41) is 0.739. The predicted molar refractivity (Wildman–Crippen MR) is 70.0 cm³/mol. The minimum atomic E-state index is 0.459. The summed E-state index contributed by atoms with van der Waals surface area (Å²) in [5.41, 5.74) is 6.65. The molecule has 0 saturated carbocycles. The molecular formula is C12H13ClN4. The maximum Gasteiger partial charge on any atom is 0.227 e. The molecule has 0 aliphatic heterocycles. The number of nitrogens with zero attached hydrogens (tertiary/aromatic N) is 3. The molecule has 17 heavy (non-hydrogen) atoms. The summed E-state index contributed by atoms with van der Waals surface area (Å²) < 4.78 is 0. The normalized spacial score (nSPS) is 10.2. The van der Waals surface area contributed by atoms with Crippen LogP contribution in [0.2, 0.25) is 5.02 Å². The third kappa shape index (κ3) is 2.85. The molecule has 1 aromatic heterocycles. The van der Waals surface area contributed by atoms with Crippen molar-refractivity contribution in [3.8, 4) is 0 Å². The van der Waals surface area contributed by atoms with E-state index in [4.69, 9.17) is 17.3 Å². The molecule has 2 N–H and O–H groups in total. The molecule has 0 aliphatic rings. The van der Waals surface area contributed by atoms with Crippen LogP contribution in [0.15, 0.2) is 36.5 Å². The second kappa shape index (κ2) is 5.01. The van der Waals surface area contributed by atoms with Crippen molar-refractivity contribution in [3.63, 3.8) is 0 Å². The molecule has 2 rings (SSSR count). The lowest BCUT2D eigenvalue weighted by atomic mass is 10.2. The van der Waals surface area contributed by atoms with E-state index in [1.165, 1.54) is 0 Å². The number of hydrogen-bond donors (Lipinski definition) is 1. The van der Waals surface area contributed by atoms with Crippen molar-refractivity contribution in [3.05, 3.63) is 47.1 Å². The van der Waals surface area contributed by atoms with Crippen LogP contribution in [0.5, 0.6) is 0 Å². The Morgan fingerprint density at radius 3 is 2.76 bits per heavy atom. The fourth-order valence-electron chi connectivity index (χ4n) is 1.50. The molecule has 0 fully saturated rings. The van der Waals surface area contributed by atoms with Crippen LogP contribution in [0.25, 0.3) is 0 Å². The quantitative estimate of drug-likeness (QED) is 0.906. The molecule has 0 spiro atoms. The third-order valence-corrected chi connectivity index (χ3v) is 2.74. The highest BCUT2D eigenvalue weighted by atomic mass is 35.5. The molecule has 5 heteroatoms. The maximum atomic E-state index is 6.09. The van der Waals surface area contributed by atoms with E-state index in [9.17, 15) is 0 Å². The highest BCUT2D eigenvalue weighted by Gasteiger charge is 2.07. The van der Waals surface area contributed by atoms with Gasteiger partial charge in [0.2, 0.25) is 5.95 Å². The maximum absolute atomic E-state index is 6.09. The summed E-state index contributed by atoms with van der Waals surface area (Å²) in [6.45, 7) is 0.642. The van der Waals surface area contributed by atoms with Crippen LogP contribution in [0, 0.1) is 0 Å². The Hall–Kier alpha value is -1.81. The first-order chi connectivity index (χ1) is 8.16. The van der Waals surface area contributed by atoms with E-state index in [1.807, 2.05) is 36.2 Å². The minimum Gasteiger partial charge on any atom is -0.384 e. The molecule has 0 saturated heterocycles. The number of anilines is 2. The number of hydrogen-bond acceptors (Lipinski definition) is 4. The number of aromatic nitrogens is 2. The molecule has 2 aromatic rings. The van der Waals surface area contributed by atoms with Crippen molar-refractivity contribution in [2.45, 2.75) is 6.54 Å². The summed E-state index contributed by atoms with van der Waals surface area (Å²) in [7, 11) is 1.90. The van der Waals surface area contributed by atoms with E-state index >= 15 is 0 Å². The van der Waals surface area contributed by atoms with E-state index in [-0.39, 0.29) is 0 Å². The Balaban J connectivity index is 2.17. The van der Waals surface area contributed by atoms with Crippen molar-refractivity contribution < 1.29 is 0 Å². The van der Waals surface area contributed by atoms with Crippen LogP contribution in [0.1, 0.15) is 5.56 Å².